The van der Waals surface area contributed by atoms with Crippen molar-refractivity contribution in [1.82, 2.24) is 10.2 Å². The van der Waals surface area contributed by atoms with Crippen molar-refractivity contribution in [2.75, 3.05) is 24.6 Å². The number of rotatable bonds is 5. The molecule has 1 heterocycles. The van der Waals surface area contributed by atoms with Crippen LogP contribution in [0.5, 0.6) is 0 Å². The standard InChI is InChI=1S/C13H26N2OS/c1-3-4-5-7-12(2)14-13(16)15-8-6-10-17-11-9-15/h12H,3-11H2,1-2H3,(H,14,16)/t12-/m0/s1. The number of nitrogens with zero attached hydrogens (tertiary/aromatic N) is 1. The van der Waals surface area contributed by atoms with Crippen LogP contribution in [0.4, 0.5) is 4.79 Å². The first-order valence-electron chi connectivity index (χ1n) is 6.87. The summed E-state index contributed by atoms with van der Waals surface area (Å²) >= 11 is 1.95. The molecule has 0 aliphatic carbocycles. The fourth-order valence-corrected chi connectivity index (χ4v) is 2.91. The summed E-state index contributed by atoms with van der Waals surface area (Å²) in [5.74, 6) is 2.27. The van der Waals surface area contributed by atoms with Gasteiger partial charge in [0.05, 0.1) is 0 Å². The molecule has 1 aliphatic rings. The number of unbranched alkanes of at least 4 members (excludes halogenated alkanes) is 2. The molecule has 17 heavy (non-hydrogen) atoms. The van der Waals surface area contributed by atoms with E-state index in [4.69, 9.17) is 0 Å². The zero-order valence-electron chi connectivity index (χ0n) is 11.2. The molecule has 1 fully saturated rings. The zero-order valence-corrected chi connectivity index (χ0v) is 12.0. The summed E-state index contributed by atoms with van der Waals surface area (Å²) in [6.07, 6.45) is 5.95. The minimum Gasteiger partial charge on any atom is -0.336 e. The maximum Gasteiger partial charge on any atom is 0.317 e. The van der Waals surface area contributed by atoms with E-state index in [1.807, 2.05) is 16.7 Å². The van der Waals surface area contributed by atoms with Gasteiger partial charge in [0.15, 0.2) is 0 Å². The molecule has 1 saturated heterocycles. The molecule has 2 amide bonds. The van der Waals surface area contributed by atoms with Crippen LogP contribution >= 0.6 is 11.8 Å². The highest BCUT2D eigenvalue weighted by atomic mass is 32.2. The maximum absolute atomic E-state index is 12.0. The Morgan fingerprint density at radius 3 is 2.94 bits per heavy atom. The highest BCUT2D eigenvalue weighted by Gasteiger charge is 2.16. The largest absolute Gasteiger partial charge is 0.336 e. The molecule has 0 aromatic rings. The van der Waals surface area contributed by atoms with Crippen molar-refractivity contribution in [3.05, 3.63) is 0 Å². The van der Waals surface area contributed by atoms with Crippen LogP contribution in [0.2, 0.25) is 0 Å². The lowest BCUT2D eigenvalue weighted by atomic mass is 10.1. The number of amides is 2. The van der Waals surface area contributed by atoms with Crippen LogP contribution in [-0.4, -0.2) is 41.6 Å². The number of thioether (sulfide) groups is 1. The monoisotopic (exact) mass is 258 g/mol. The van der Waals surface area contributed by atoms with E-state index in [1.54, 1.807) is 0 Å². The van der Waals surface area contributed by atoms with E-state index >= 15 is 0 Å². The van der Waals surface area contributed by atoms with E-state index in [-0.39, 0.29) is 6.03 Å². The topological polar surface area (TPSA) is 32.3 Å². The van der Waals surface area contributed by atoms with Crippen LogP contribution < -0.4 is 5.32 Å². The molecule has 100 valence electrons. The molecule has 0 aromatic heterocycles. The second-order valence-corrected chi connectivity index (χ2v) is 6.02. The van der Waals surface area contributed by atoms with Crippen LogP contribution in [-0.2, 0) is 0 Å². The summed E-state index contributed by atoms with van der Waals surface area (Å²) in [5.41, 5.74) is 0. The van der Waals surface area contributed by atoms with Gasteiger partial charge in [-0.3, -0.25) is 0 Å². The third kappa shape index (κ3) is 6.20. The molecule has 3 nitrogen and oxygen atoms in total. The van der Waals surface area contributed by atoms with E-state index in [9.17, 15) is 4.79 Å². The average molecular weight is 258 g/mol. The highest BCUT2D eigenvalue weighted by molar-refractivity contribution is 7.99. The summed E-state index contributed by atoms with van der Waals surface area (Å²) in [6, 6.07) is 0.446. The van der Waals surface area contributed by atoms with Crippen LogP contribution in [0.1, 0.15) is 46.0 Å². The van der Waals surface area contributed by atoms with E-state index < -0.39 is 0 Å². The summed E-state index contributed by atoms with van der Waals surface area (Å²) in [7, 11) is 0. The second-order valence-electron chi connectivity index (χ2n) is 4.80. The Kier molecular flexibility index (Phi) is 7.49. The van der Waals surface area contributed by atoms with Gasteiger partial charge in [-0.1, -0.05) is 26.2 Å². The average Bonchev–Trinajstić information content (AvgIpc) is 2.57. The molecular formula is C13H26N2OS. The lowest BCUT2D eigenvalue weighted by Crippen LogP contribution is -2.44. The fourth-order valence-electron chi connectivity index (χ4n) is 2.02. The fraction of sp³-hybridized carbons (Fsp3) is 0.923. The molecule has 0 saturated carbocycles. The van der Waals surface area contributed by atoms with Gasteiger partial charge in [0.1, 0.15) is 0 Å². The van der Waals surface area contributed by atoms with Gasteiger partial charge in [-0.15, -0.1) is 0 Å². The number of nitrogens with one attached hydrogen (secondary N) is 1. The van der Waals surface area contributed by atoms with Gasteiger partial charge in [-0.2, -0.15) is 11.8 Å². The lowest BCUT2D eigenvalue weighted by Gasteiger charge is -2.23. The molecule has 4 heteroatoms. The molecule has 1 rings (SSSR count). The van der Waals surface area contributed by atoms with Gasteiger partial charge in [0, 0.05) is 24.9 Å². The van der Waals surface area contributed by atoms with Crippen molar-refractivity contribution >= 4 is 17.8 Å². The van der Waals surface area contributed by atoms with Gasteiger partial charge in [-0.25, -0.2) is 4.79 Å². The first-order valence-corrected chi connectivity index (χ1v) is 8.02. The number of carbonyl (C=O) groups excluding carboxylic acids is 1. The molecule has 0 unspecified atom stereocenters. The maximum atomic E-state index is 12.0. The predicted molar refractivity (Wildman–Crippen MR) is 75.7 cm³/mol. The second kappa shape index (κ2) is 8.67. The van der Waals surface area contributed by atoms with Gasteiger partial charge in [0.25, 0.3) is 0 Å². The normalized spacial score (nSPS) is 18.6. The first kappa shape index (κ1) is 14.7. The Morgan fingerprint density at radius 2 is 2.18 bits per heavy atom. The van der Waals surface area contributed by atoms with Crippen LogP contribution in [0, 0.1) is 0 Å². The van der Waals surface area contributed by atoms with Gasteiger partial charge < -0.3 is 10.2 Å². The third-order valence-corrected chi connectivity index (χ3v) is 4.17. The van der Waals surface area contributed by atoms with Crippen molar-refractivity contribution in [3.8, 4) is 0 Å². The summed E-state index contributed by atoms with van der Waals surface area (Å²) in [5, 5.41) is 3.11. The Bertz CT molecular complexity index is 215. The van der Waals surface area contributed by atoms with Gasteiger partial charge >= 0.3 is 6.03 Å². The van der Waals surface area contributed by atoms with Crippen molar-refractivity contribution in [2.24, 2.45) is 0 Å². The van der Waals surface area contributed by atoms with Crippen molar-refractivity contribution in [3.63, 3.8) is 0 Å². The lowest BCUT2D eigenvalue weighted by molar-refractivity contribution is 0.197. The van der Waals surface area contributed by atoms with Crippen LogP contribution in [0.15, 0.2) is 0 Å². The van der Waals surface area contributed by atoms with Crippen molar-refractivity contribution in [2.45, 2.75) is 52.0 Å². The van der Waals surface area contributed by atoms with E-state index in [0.29, 0.717) is 6.04 Å². The highest BCUT2D eigenvalue weighted by Crippen LogP contribution is 2.10. The minimum atomic E-state index is 0.136. The van der Waals surface area contributed by atoms with E-state index in [0.717, 1.165) is 31.7 Å². The summed E-state index contributed by atoms with van der Waals surface area (Å²) in [6.45, 7) is 6.14. The molecular weight excluding hydrogens is 232 g/mol. The minimum absolute atomic E-state index is 0.136. The molecule has 0 radical (unpaired) electrons. The Morgan fingerprint density at radius 1 is 1.35 bits per heavy atom. The zero-order chi connectivity index (χ0) is 12.5. The van der Waals surface area contributed by atoms with Crippen molar-refractivity contribution < 1.29 is 4.79 Å². The molecule has 1 N–H and O–H groups in total. The van der Waals surface area contributed by atoms with E-state index in [2.05, 4.69) is 19.2 Å². The molecule has 0 aromatic carbocycles. The summed E-state index contributed by atoms with van der Waals surface area (Å²) < 4.78 is 0. The number of urea groups is 1. The van der Waals surface area contributed by atoms with Gasteiger partial charge in [-0.05, 0) is 25.5 Å². The first-order chi connectivity index (χ1) is 8.24. The molecule has 1 aliphatic heterocycles. The molecule has 0 spiro atoms. The Balaban J connectivity index is 2.21. The van der Waals surface area contributed by atoms with E-state index in [1.165, 1.54) is 25.0 Å². The quantitative estimate of drug-likeness (QED) is 0.769. The smallest absolute Gasteiger partial charge is 0.317 e. The predicted octanol–water partition coefficient (Wildman–Crippen LogP) is 3.10. The SMILES string of the molecule is CCCCC[C@H](C)NC(=O)N1CCCSCC1. The molecule has 1 atom stereocenters. The van der Waals surface area contributed by atoms with Crippen LogP contribution in [0.3, 0.4) is 0 Å². The number of hydrogen-bond acceptors (Lipinski definition) is 2. The Labute approximate surface area is 110 Å². The Hall–Kier alpha value is -0.380. The van der Waals surface area contributed by atoms with Crippen molar-refractivity contribution in [1.29, 1.82) is 0 Å². The molecule has 0 bridgehead atoms. The summed E-state index contributed by atoms with van der Waals surface area (Å²) in [4.78, 5) is 14.0. The third-order valence-electron chi connectivity index (χ3n) is 3.12. The number of hydrogen-bond donors (Lipinski definition) is 1. The van der Waals surface area contributed by atoms with Gasteiger partial charge in [0.2, 0.25) is 0 Å². The van der Waals surface area contributed by atoms with Crippen LogP contribution in [0.25, 0.3) is 0 Å². The number of carbonyl (C=O) groups is 1.